The number of anilines is 1. The smallest absolute Gasteiger partial charge is 0.236 e. The fraction of sp³-hybridized carbons (Fsp3) is 0.667. The van der Waals surface area contributed by atoms with Crippen LogP contribution in [0.25, 0.3) is 0 Å². The van der Waals surface area contributed by atoms with Crippen LogP contribution < -0.4 is 4.72 Å². The quantitative estimate of drug-likeness (QED) is 0.902. The lowest BCUT2D eigenvalue weighted by Crippen LogP contribution is -2.32. The number of rotatable bonds is 4. The van der Waals surface area contributed by atoms with Gasteiger partial charge in [-0.05, 0) is 25.8 Å². The number of nitrogens with zero attached hydrogens (tertiary/aromatic N) is 2. The number of hydrogen-bond donors (Lipinski definition) is 1. The van der Waals surface area contributed by atoms with Gasteiger partial charge in [-0.3, -0.25) is 4.72 Å². The van der Waals surface area contributed by atoms with E-state index in [0.717, 1.165) is 18.5 Å². The maximum Gasteiger partial charge on any atom is 0.236 e. The summed E-state index contributed by atoms with van der Waals surface area (Å²) in [6, 6.07) is 1.84. The molecule has 19 heavy (non-hydrogen) atoms. The Bertz CT molecular complexity index is 539. The van der Waals surface area contributed by atoms with Crippen molar-refractivity contribution >= 4 is 16.0 Å². The summed E-state index contributed by atoms with van der Waals surface area (Å²) in [6.07, 6.45) is 3.35. The van der Waals surface area contributed by atoms with Crippen molar-refractivity contribution in [2.75, 3.05) is 23.7 Å². The Balaban J connectivity index is 2.24. The van der Waals surface area contributed by atoms with E-state index in [1.807, 2.05) is 6.07 Å². The third-order valence-corrected chi connectivity index (χ3v) is 4.75. The van der Waals surface area contributed by atoms with Crippen LogP contribution in [0.4, 0.5) is 5.95 Å². The number of aromatic nitrogens is 2. The van der Waals surface area contributed by atoms with Gasteiger partial charge in [0.15, 0.2) is 0 Å². The highest BCUT2D eigenvalue weighted by atomic mass is 32.2. The second kappa shape index (κ2) is 5.42. The SMILES string of the molecule is CCS(=O)(=O)Nc1nccc(C2(C)CCOCC2)n1. The number of sulfonamides is 1. The summed E-state index contributed by atoms with van der Waals surface area (Å²) in [4.78, 5) is 8.31. The monoisotopic (exact) mass is 285 g/mol. The van der Waals surface area contributed by atoms with Gasteiger partial charge in [-0.2, -0.15) is 0 Å². The summed E-state index contributed by atoms with van der Waals surface area (Å²) >= 11 is 0. The average molecular weight is 285 g/mol. The van der Waals surface area contributed by atoms with E-state index >= 15 is 0 Å². The van der Waals surface area contributed by atoms with Gasteiger partial charge in [0.05, 0.1) is 11.4 Å². The molecular weight excluding hydrogens is 266 g/mol. The van der Waals surface area contributed by atoms with Gasteiger partial charge in [0, 0.05) is 24.8 Å². The summed E-state index contributed by atoms with van der Waals surface area (Å²) < 4.78 is 30.8. The van der Waals surface area contributed by atoms with Gasteiger partial charge < -0.3 is 4.74 Å². The molecule has 7 heteroatoms. The molecular formula is C12H19N3O3S. The van der Waals surface area contributed by atoms with E-state index in [0.29, 0.717) is 13.2 Å². The lowest BCUT2D eigenvalue weighted by atomic mass is 9.79. The molecule has 0 bridgehead atoms. The van der Waals surface area contributed by atoms with Crippen LogP contribution in [-0.4, -0.2) is 37.4 Å². The molecule has 1 aliphatic rings. The van der Waals surface area contributed by atoms with Crippen molar-refractivity contribution in [3.63, 3.8) is 0 Å². The third kappa shape index (κ3) is 3.42. The Morgan fingerprint density at radius 2 is 2.11 bits per heavy atom. The van der Waals surface area contributed by atoms with E-state index in [2.05, 4.69) is 21.6 Å². The van der Waals surface area contributed by atoms with Crippen molar-refractivity contribution in [3.8, 4) is 0 Å². The largest absolute Gasteiger partial charge is 0.381 e. The van der Waals surface area contributed by atoms with Gasteiger partial charge in [0.2, 0.25) is 16.0 Å². The molecule has 1 aromatic heterocycles. The Labute approximate surface area is 113 Å². The van der Waals surface area contributed by atoms with Gasteiger partial charge in [0.1, 0.15) is 0 Å². The van der Waals surface area contributed by atoms with E-state index in [-0.39, 0.29) is 17.1 Å². The highest BCUT2D eigenvalue weighted by Gasteiger charge is 2.31. The normalized spacial score (nSPS) is 19.1. The first-order chi connectivity index (χ1) is 8.95. The lowest BCUT2D eigenvalue weighted by Gasteiger charge is -2.32. The van der Waals surface area contributed by atoms with Crippen molar-refractivity contribution in [2.24, 2.45) is 0 Å². The molecule has 0 spiro atoms. The Hall–Kier alpha value is -1.21. The molecule has 1 aromatic rings. The molecule has 2 rings (SSSR count). The fourth-order valence-corrected chi connectivity index (χ4v) is 2.55. The highest BCUT2D eigenvalue weighted by Crippen LogP contribution is 2.33. The van der Waals surface area contributed by atoms with Crippen molar-refractivity contribution in [1.82, 2.24) is 9.97 Å². The summed E-state index contributed by atoms with van der Waals surface area (Å²) in [7, 11) is -3.34. The van der Waals surface area contributed by atoms with E-state index < -0.39 is 10.0 Å². The molecule has 2 heterocycles. The Kier molecular flexibility index (Phi) is 4.05. The first kappa shape index (κ1) is 14.2. The minimum absolute atomic E-state index is 0.00565. The van der Waals surface area contributed by atoms with Crippen LogP contribution >= 0.6 is 0 Å². The predicted molar refractivity (Wildman–Crippen MR) is 72.5 cm³/mol. The van der Waals surface area contributed by atoms with Gasteiger partial charge in [-0.25, -0.2) is 18.4 Å². The summed E-state index contributed by atoms with van der Waals surface area (Å²) in [5.74, 6) is 0.151. The lowest BCUT2D eigenvalue weighted by molar-refractivity contribution is 0.0550. The zero-order valence-corrected chi connectivity index (χ0v) is 12.0. The molecule has 0 aliphatic carbocycles. The van der Waals surface area contributed by atoms with Gasteiger partial charge >= 0.3 is 0 Å². The second-order valence-corrected chi connectivity index (χ2v) is 6.95. The van der Waals surface area contributed by atoms with Crippen LogP contribution in [-0.2, 0) is 20.2 Å². The predicted octanol–water partition coefficient (Wildman–Crippen LogP) is 1.31. The molecule has 1 fully saturated rings. The fourth-order valence-electron chi connectivity index (χ4n) is 2.03. The van der Waals surface area contributed by atoms with Crippen molar-refractivity contribution < 1.29 is 13.2 Å². The Morgan fingerprint density at radius 1 is 1.42 bits per heavy atom. The van der Waals surface area contributed by atoms with Crippen molar-refractivity contribution in [2.45, 2.75) is 32.1 Å². The van der Waals surface area contributed by atoms with Crippen LogP contribution in [0.5, 0.6) is 0 Å². The first-order valence-electron chi connectivity index (χ1n) is 6.37. The first-order valence-corrected chi connectivity index (χ1v) is 8.02. The minimum atomic E-state index is -3.34. The zero-order valence-electron chi connectivity index (χ0n) is 11.2. The van der Waals surface area contributed by atoms with Crippen LogP contribution in [0.2, 0.25) is 0 Å². The molecule has 0 unspecified atom stereocenters. The topological polar surface area (TPSA) is 81.2 Å². The van der Waals surface area contributed by atoms with Gasteiger partial charge in [0.25, 0.3) is 0 Å². The van der Waals surface area contributed by atoms with Crippen LogP contribution in [0.15, 0.2) is 12.3 Å². The number of nitrogens with one attached hydrogen (secondary N) is 1. The van der Waals surface area contributed by atoms with E-state index in [1.54, 1.807) is 13.1 Å². The molecule has 0 aromatic carbocycles. The van der Waals surface area contributed by atoms with E-state index in [1.165, 1.54) is 0 Å². The maximum atomic E-state index is 11.5. The van der Waals surface area contributed by atoms with Crippen LogP contribution in [0, 0.1) is 0 Å². The van der Waals surface area contributed by atoms with Crippen molar-refractivity contribution in [1.29, 1.82) is 0 Å². The Morgan fingerprint density at radius 3 is 2.74 bits per heavy atom. The van der Waals surface area contributed by atoms with Crippen molar-refractivity contribution in [3.05, 3.63) is 18.0 Å². The molecule has 1 saturated heterocycles. The molecule has 0 atom stereocenters. The standard InChI is InChI=1S/C12H19N3O3S/c1-3-19(16,17)15-11-13-7-4-10(14-11)12(2)5-8-18-9-6-12/h4,7H,3,5-6,8-9H2,1-2H3,(H,13,14,15). The van der Waals surface area contributed by atoms with Crippen LogP contribution in [0.3, 0.4) is 0 Å². The maximum absolute atomic E-state index is 11.5. The number of ether oxygens (including phenoxy) is 1. The van der Waals surface area contributed by atoms with E-state index in [4.69, 9.17) is 4.74 Å². The molecule has 0 amide bonds. The third-order valence-electron chi connectivity index (χ3n) is 3.50. The zero-order chi connectivity index (χ0) is 13.9. The summed E-state index contributed by atoms with van der Waals surface area (Å²) in [6.45, 7) is 5.11. The second-order valence-electron chi connectivity index (χ2n) is 4.94. The number of hydrogen-bond acceptors (Lipinski definition) is 5. The summed E-state index contributed by atoms with van der Waals surface area (Å²) in [5, 5.41) is 0. The van der Waals surface area contributed by atoms with Gasteiger partial charge in [-0.1, -0.05) is 6.92 Å². The minimum Gasteiger partial charge on any atom is -0.381 e. The van der Waals surface area contributed by atoms with Crippen LogP contribution in [0.1, 0.15) is 32.4 Å². The molecule has 1 N–H and O–H groups in total. The molecule has 6 nitrogen and oxygen atoms in total. The van der Waals surface area contributed by atoms with Gasteiger partial charge in [-0.15, -0.1) is 0 Å². The molecule has 0 radical (unpaired) electrons. The summed E-state index contributed by atoms with van der Waals surface area (Å²) in [5.41, 5.74) is 0.785. The van der Waals surface area contributed by atoms with E-state index in [9.17, 15) is 8.42 Å². The molecule has 106 valence electrons. The molecule has 1 aliphatic heterocycles. The highest BCUT2D eigenvalue weighted by molar-refractivity contribution is 7.92. The average Bonchev–Trinajstić information content (AvgIpc) is 2.39. The molecule has 0 saturated carbocycles.